The number of hydrogen-bond donors (Lipinski definition) is 0. The number of pyridine rings is 2. The second-order valence-electron chi connectivity index (χ2n) is 11.6. The Balaban J connectivity index is 2.21. The lowest BCUT2D eigenvalue weighted by atomic mass is 9.65. The van der Waals surface area contributed by atoms with Gasteiger partial charge in [-0.25, -0.2) is 0 Å². The molecular formula is C28H40N2. The highest BCUT2D eigenvalue weighted by molar-refractivity contribution is 5.50. The second-order valence-corrected chi connectivity index (χ2v) is 11.6. The monoisotopic (exact) mass is 404 g/mol. The SMILES string of the molecule is CC(C)(C)/C=C/c1ccc(C(C)(C)C(C)(C)/C=C/c2ccc(C(C)(C)C)cn2)nc1. The summed E-state index contributed by atoms with van der Waals surface area (Å²) in [5.41, 5.74) is 4.56. The Kier molecular flexibility index (Phi) is 6.81. The van der Waals surface area contributed by atoms with E-state index in [1.165, 1.54) is 5.56 Å². The van der Waals surface area contributed by atoms with E-state index >= 15 is 0 Å². The van der Waals surface area contributed by atoms with E-state index in [1.54, 1.807) is 0 Å². The zero-order valence-electron chi connectivity index (χ0n) is 20.7. The summed E-state index contributed by atoms with van der Waals surface area (Å²) < 4.78 is 0. The summed E-state index contributed by atoms with van der Waals surface area (Å²) in [4.78, 5) is 9.45. The maximum Gasteiger partial charge on any atom is 0.0626 e. The summed E-state index contributed by atoms with van der Waals surface area (Å²) >= 11 is 0. The molecule has 0 unspecified atom stereocenters. The van der Waals surface area contributed by atoms with Crippen molar-refractivity contribution in [2.24, 2.45) is 10.8 Å². The average Bonchev–Trinajstić information content (AvgIpc) is 2.64. The minimum Gasteiger partial charge on any atom is -0.260 e. The maximum absolute atomic E-state index is 4.81. The van der Waals surface area contributed by atoms with Gasteiger partial charge >= 0.3 is 0 Å². The Bertz CT molecular complexity index is 882. The van der Waals surface area contributed by atoms with Crippen molar-refractivity contribution >= 4 is 12.2 Å². The molecule has 0 saturated carbocycles. The molecule has 30 heavy (non-hydrogen) atoms. The molecule has 0 bridgehead atoms. The molecule has 0 fully saturated rings. The first kappa shape index (κ1) is 24.1. The van der Waals surface area contributed by atoms with Crippen LogP contribution in [0.1, 0.15) is 91.8 Å². The highest BCUT2D eigenvalue weighted by Gasteiger charge is 2.37. The Hall–Kier alpha value is -2.22. The van der Waals surface area contributed by atoms with Crippen LogP contribution in [-0.2, 0) is 10.8 Å². The molecule has 0 radical (unpaired) electrons. The van der Waals surface area contributed by atoms with Crippen LogP contribution < -0.4 is 0 Å². The van der Waals surface area contributed by atoms with Gasteiger partial charge in [0.1, 0.15) is 0 Å². The summed E-state index contributed by atoms with van der Waals surface area (Å²) in [5.74, 6) is 0. The molecule has 2 heteroatoms. The van der Waals surface area contributed by atoms with E-state index in [1.807, 2.05) is 12.4 Å². The number of hydrogen-bond acceptors (Lipinski definition) is 2. The zero-order valence-corrected chi connectivity index (χ0v) is 20.7. The zero-order chi connectivity index (χ0) is 22.8. The van der Waals surface area contributed by atoms with Gasteiger partial charge in [0.05, 0.1) is 5.69 Å². The quantitative estimate of drug-likeness (QED) is 0.507. The summed E-state index contributed by atoms with van der Waals surface area (Å²) in [5, 5.41) is 0. The van der Waals surface area contributed by atoms with Crippen LogP contribution in [0.15, 0.2) is 48.8 Å². The van der Waals surface area contributed by atoms with Gasteiger partial charge in [-0.3, -0.25) is 9.97 Å². The Morgan fingerprint density at radius 2 is 1.33 bits per heavy atom. The van der Waals surface area contributed by atoms with Crippen molar-refractivity contribution in [1.82, 2.24) is 9.97 Å². The molecule has 0 atom stereocenters. The molecule has 2 aromatic heterocycles. The lowest BCUT2D eigenvalue weighted by Gasteiger charge is -2.39. The molecule has 162 valence electrons. The fourth-order valence-electron chi connectivity index (χ4n) is 3.00. The van der Waals surface area contributed by atoms with E-state index in [-0.39, 0.29) is 21.7 Å². The van der Waals surface area contributed by atoms with E-state index in [0.29, 0.717) is 0 Å². The van der Waals surface area contributed by atoms with Gasteiger partial charge in [-0.1, -0.05) is 99.6 Å². The van der Waals surface area contributed by atoms with E-state index in [9.17, 15) is 0 Å². The van der Waals surface area contributed by atoms with Crippen LogP contribution in [0.5, 0.6) is 0 Å². The Morgan fingerprint density at radius 3 is 1.80 bits per heavy atom. The van der Waals surface area contributed by atoms with E-state index in [0.717, 1.165) is 17.0 Å². The molecule has 0 saturated heterocycles. The first-order valence-corrected chi connectivity index (χ1v) is 10.9. The maximum atomic E-state index is 4.81. The molecule has 0 aliphatic carbocycles. The molecule has 0 aliphatic heterocycles. The molecule has 2 aromatic rings. The topological polar surface area (TPSA) is 25.8 Å². The molecule has 2 rings (SSSR count). The van der Waals surface area contributed by atoms with Crippen LogP contribution in [-0.4, -0.2) is 9.97 Å². The van der Waals surface area contributed by atoms with Crippen LogP contribution in [0, 0.1) is 10.8 Å². The lowest BCUT2D eigenvalue weighted by molar-refractivity contribution is 0.262. The standard InChI is InChI=1S/C28H40N2/c1-25(2,3)17-15-21-11-14-24(30-19-21)28(9,10)27(7,8)18-16-23-13-12-22(20-29-23)26(4,5)6/h11-20H,1-10H3/b17-15+,18-16+. The van der Waals surface area contributed by atoms with Gasteiger partial charge in [-0.2, -0.15) is 0 Å². The van der Waals surface area contributed by atoms with Gasteiger partial charge in [-0.15, -0.1) is 0 Å². The van der Waals surface area contributed by atoms with Crippen molar-refractivity contribution in [3.63, 3.8) is 0 Å². The summed E-state index contributed by atoms with van der Waals surface area (Å²) in [6, 6.07) is 8.61. The van der Waals surface area contributed by atoms with Crippen LogP contribution in [0.4, 0.5) is 0 Å². The highest BCUT2D eigenvalue weighted by Crippen LogP contribution is 2.42. The van der Waals surface area contributed by atoms with E-state index in [4.69, 9.17) is 4.98 Å². The van der Waals surface area contributed by atoms with Gasteiger partial charge < -0.3 is 0 Å². The van der Waals surface area contributed by atoms with Crippen LogP contribution in [0.3, 0.4) is 0 Å². The van der Waals surface area contributed by atoms with Crippen molar-refractivity contribution in [1.29, 1.82) is 0 Å². The number of aromatic nitrogens is 2. The molecular weight excluding hydrogens is 364 g/mol. The van der Waals surface area contributed by atoms with Gasteiger partial charge in [0, 0.05) is 23.5 Å². The Labute approximate surface area is 184 Å². The van der Waals surface area contributed by atoms with Crippen LogP contribution in [0.25, 0.3) is 12.2 Å². The van der Waals surface area contributed by atoms with Crippen LogP contribution >= 0.6 is 0 Å². The number of allylic oxidation sites excluding steroid dienone is 2. The predicted octanol–water partition coefficient (Wildman–Crippen LogP) is 7.85. The fraction of sp³-hybridized carbons (Fsp3) is 0.500. The Morgan fingerprint density at radius 1 is 0.667 bits per heavy atom. The first-order chi connectivity index (χ1) is 13.6. The minimum absolute atomic E-state index is 0.0901. The van der Waals surface area contributed by atoms with Gasteiger partial charge in [0.2, 0.25) is 0 Å². The van der Waals surface area contributed by atoms with Crippen LogP contribution in [0.2, 0.25) is 0 Å². The van der Waals surface area contributed by atoms with Gasteiger partial charge in [0.25, 0.3) is 0 Å². The largest absolute Gasteiger partial charge is 0.260 e. The van der Waals surface area contributed by atoms with E-state index in [2.05, 4.69) is 123 Å². The number of nitrogens with zero attached hydrogens (tertiary/aromatic N) is 2. The third-order valence-corrected chi connectivity index (χ3v) is 6.14. The normalized spacial score (nSPS) is 14.1. The van der Waals surface area contributed by atoms with Crippen molar-refractivity contribution in [3.8, 4) is 0 Å². The van der Waals surface area contributed by atoms with Crippen molar-refractivity contribution in [2.45, 2.75) is 80.1 Å². The van der Waals surface area contributed by atoms with Crippen molar-refractivity contribution in [2.75, 3.05) is 0 Å². The summed E-state index contributed by atoms with van der Waals surface area (Å²) in [7, 11) is 0. The predicted molar refractivity (Wildman–Crippen MR) is 132 cm³/mol. The van der Waals surface area contributed by atoms with Crippen molar-refractivity contribution < 1.29 is 0 Å². The lowest BCUT2D eigenvalue weighted by Crippen LogP contribution is -2.35. The van der Waals surface area contributed by atoms with E-state index < -0.39 is 0 Å². The smallest absolute Gasteiger partial charge is 0.0626 e. The number of rotatable bonds is 5. The van der Waals surface area contributed by atoms with Gasteiger partial charge in [0.15, 0.2) is 0 Å². The molecule has 0 spiro atoms. The summed E-state index contributed by atoms with van der Waals surface area (Å²) in [6.45, 7) is 22.3. The average molecular weight is 405 g/mol. The molecule has 2 nitrogen and oxygen atoms in total. The molecule has 0 amide bonds. The highest BCUT2D eigenvalue weighted by atomic mass is 14.7. The molecule has 0 aliphatic rings. The second kappa shape index (κ2) is 8.49. The molecule has 2 heterocycles. The molecule has 0 aromatic carbocycles. The third kappa shape index (κ3) is 6.14. The fourth-order valence-corrected chi connectivity index (χ4v) is 3.00. The summed E-state index contributed by atoms with van der Waals surface area (Å²) in [6.07, 6.45) is 12.7. The van der Waals surface area contributed by atoms with Gasteiger partial charge in [-0.05, 0) is 45.6 Å². The molecule has 0 N–H and O–H groups in total. The van der Waals surface area contributed by atoms with Crippen molar-refractivity contribution in [3.05, 3.63) is 71.3 Å². The minimum atomic E-state index is -0.124. The first-order valence-electron chi connectivity index (χ1n) is 10.9. The third-order valence-electron chi connectivity index (χ3n) is 6.14.